The summed E-state index contributed by atoms with van der Waals surface area (Å²) in [5.41, 5.74) is 1.28. The Balaban J connectivity index is 1.38. The van der Waals surface area contributed by atoms with Crippen molar-refractivity contribution in [3.8, 4) is 11.6 Å². The van der Waals surface area contributed by atoms with Crippen molar-refractivity contribution in [2.24, 2.45) is 0 Å². The molecule has 2 aromatic heterocycles. The Kier molecular flexibility index (Phi) is 6.83. The second-order valence-corrected chi connectivity index (χ2v) is 11.1. The molecule has 36 heavy (non-hydrogen) atoms. The first kappa shape index (κ1) is 24.8. The fraction of sp³-hybridized carbons (Fsp3) is 0.462. The summed E-state index contributed by atoms with van der Waals surface area (Å²) < 4.78 is 13.8. The highest BCUT2D eigenvalue weighted by molar-refractivity contribution is 6.30. The topological polar surface area (TPSA) is 82.4 Å². The quantitative estimate of drug-likeness (QED) is 0.369. The third-order valence-corrected chi connectivity index (χ3v) is 6.84. The molecule has 1 aromatic carbocycles. The Morgan fingerprint density at radius 1 is 1.03 bits per heavy atom. The van der Waals surface area contributed by atoms with Crippen LogP contribution in [0, 0.1) is 0 Å². The van der Waals surface area contributed by atoms with Crippen molar-refractivity contribution in [2.75, 3.05) is 0 Å². The number of pyridine rings is 1. The zero-order chi connectivity index (χ0) is 25.4. The van der Waals surface area contributed by atoms with Gasteiger partial charge < -0.3 is 9.47 Å². The van der Waals surface area contributed by atoms with Gasteiger partial charge in [0.05, 0.1) is 18.8 Å². The summed E-state index contributed by atoms with van der Waals surface area (Å²) in [5.74, 6) is 2.38. The van der Waals surface area contributed by atoms with E-state index in [9.17, 15) is 4.79 Å². The van der Waals surface area contributed by atoms with Crippen LogP contribution in [0.2, 0.25) is 10.2 Å². The molecule has 1 saturated carbocycles. The molecule has 0 spiro atoms. The summed E-state index contributed by atoms with van der Waals surface area (Å²) in [6, 6.07) is 11.1. The van der Waals surface area contributed by atoms with E-state index in [-0.39, 0.29) is 12.0 Å². The molecule has 2 aliphatic rings. The van der Waals surface area contributed by atoms with Crippen LogP contribution in [0.1, 0.15) is 69.6 Å². The molecule has 0 N–H and O–H groups in total. The lowest BCUT2D eigenvalue weighted by atomic mass is 9.86. The van der Waals surface area contributed by atoms with Crippen molar-refractivity contribution in [3.05, 3.63) is 63.8 Å². The lowest BCUT2D eigenvalue weighted by Gasteiger charge is -2.28. The number of amides is 1. The number of halogens is 2. The smallest absolute Gasteiger partial charge is 0.411 e. The van der Waals surface area contributed by atoms with Gasteiger partial charge in [-0.3, -0.25) is 9.47 Å². The minimum Gasteiger partial charge on any atom is -0.474 e. The Hall–Kier alpha value is -2.84. The number of fused-ring (bicyclic) bond motifs is 3. The molecule has 0 saturated heterocycles. The van der Waals surface area contributed by atoms with Crippen LogP contribution < -0.4 is 4.74 Å². The van der Waals surface area contributed by atoms with Gasteiger partial charge >= 0.3 is 6.09 Å². The average Bonchev–Trinajstić information content (AvgIpc) is 3.14. The van der Waals surface area contributed by atoms with Gasteiger partial charge in [0.1, 0.15) is 22.7 Å². The molecule has 1 aliphatic carbocycles. The van der Waals surface area contributed by atoms with Crippen molar-refractivity contribution in [2.45, 2.75) is 77.2 Å². The highest BCUT2D eigenvalue weighted by Crippen LogP contribution is 2.37. The monoisotopic (exact) mass is 529 g/mol. The maximum Gasteiger partial charge on any atom is 0.411 e. The highest BCUT2D eigenvalue weighted by Gasteiger charge is 2.33. The summed E-state index contributed by atoms with van der Waals surface area (Å²) in [6.07, 6.45) is 3.24. The van der Waals surface area contributed by atoms with Gasteiger partial charge in [-0.05, 0) is 76.3 Å². The van der Waals surface area contributed by atoms with E-state index in [1.807, 2.05) is 51.1 Å². The third-order valence-electron chi connectivity index (χ3n) is 6.40. The number of aromatic nitrogens is 4. The number of ether oxygens (including phenoxy) is 2. The van der Waals surface area contributed by atoms with Crippen molar-refractivity contribution in [1.82, 2.24) is 24.6 Å². The van der Waals surface area contributed by atoms with Crippen LogP contribution in [-0.4, -0.2) is 42.4 Å². The molecule has 0 unspecified atom stereocenters. The highest BCUT2D eigenvalue weighted by atomic mass is 35.5. The number of carbonyl (C=O) groups excluding carboxylic acids is 1. The fourth-order valence-corrected chi connectivity index (χ4v) is 5.16. The Morgan fingerprint density at radius 2 is 1.81 bits per heavy atom. The second-order valence-electron chi connectivity index (χ2n) is 10.3. The number of carbonyl (C=O) groups is 1. The van der Waals surface area contributed by atoms with Crippen LogP contribution in [0.3, 0.4) is 0 Å². The number of rotatable bonds is 3. The summed E-state index contributed by atoms with van der Waals surface area (Å²) in [5, 5.41) is 10.2. The standard InChI is InChI=1S/C26H29Cl2N5O3/c1-26(2,3)36-25(34)32-14-17-13-18(27)9-12-20(17)33-22(15-32)30-31-24(33)16-7-10-19(11-8-16)35-23-6-4-5-21(28)29-23/h4-6,9,12-13,16,19H,7-8,10-11,14-15H2,1-3H3/t16-,19-. The van der Waals surface area contributed by atoms with Crippen LogP contribution in [-0.2, 0) is 17.8 Å². The summed E-state index contributed by atoms with van der Waals surface area (Å²) >= 11 is 12.3. The van der Waals surface area contributed by atoms with E-state index in [0.29, 0.717) is 35.0 Å². The van der Waals surface area contributed by atoms with Gasteiger partial charge in [-0.1, -0.05) is 29.3 Å². The first-order valence-electron chi connectivity index (χ1n) is 12.2. The van der Waals surface area contributed by atoms with Crippen LogP contribution in [0.5, 0.6) is 5.88 Å². The summed E-state index contributed by atoms with van der Waals surface area (Å²) in [6.45, 7) is 6.25. The van der Waals surface area contributed by atoms with Gasteiger partial charge in [0.25, 0.3) is 0 Å². The van der Waals surface area contributed by atoms with Crippen molar-refractivity contribution >= 4 is 29.3 Å². The second kappa shape index (κ2) is 9.90. The van der Waals surface area contributed by atoms with Crippen LogP contribution in [0.4, 0.5) is 4.79 Å². The Bertz CT molecular complexity index is 1260. The fourth-order valence-electron chi connectivity index (χ4n) is 4.81. The van der Waals surface area contributed by atoms with Crippen molar-refractivity contribution in [3.63, 3.8) is 0 Å². The van der Waals surface area contributed by atoms with E-state index in [0.717, 1.165) is 42.8 Å². The van der Waals surface area contributed by atoms with Crippen LogP contribution >= 0.6 is 23.2 Å². The van der Waals surface area contributed by atoms with Crippen LogP contribution in [0.25, 0.3) is 5.69 Å². The molecule has 3 aromatic rings. The molecule has 1 fully saturated rings. The van der Waals surface area contributed by atoms with Gasteiger partial charge in [-0.15, -0.1) is 10.2 Å². The zero-order valence-electron chi connectivity index (χ0n) is 20.6. The van der Waals surface area contributed by atoms with E-state index in [1.54, 1.807) is 11.0 Å². The molecule has 8 nitrogen and oxygen atoms in total. The molecule has 0 radical (unpaired) electrons. The molecule has 3 heterocycles. The lowest BCUT2D eigenvalue weighted by molar-refractivity contribution is 0.0214. The summed E-state index contributed by atoms with van der Waals surface area (Å²) in [7, 11) is 0. The van der Waals surface area contributed by atoms with E-state index in [4.69, 9.17) is 32.7 Å². The van der Waals surface area contributed by atoms with E-state index >= 15 is 0 Å². The first-order valence-corrected chi connectivity index (χ1v) is 12.9. The van der Waals surface area contributed by atoms with Gasteiger partial charge in [0.15, 0.2) is 5.82 Å². The first-order chi connectivity index (χ1) is 17.2. The molecular formula is C26H29Cl2N5O3. The number of nitrogens with zero attached hydrogens (tertiary/aromatic N) is 5. The zero-order valence-corrected chi connectivity index (χ0v) is 22.1. The predicted molar refractivity (Wildman–Crippen MR) is 137 cm³/mol. The van der Waals surface area contributed by atoms with Gasteiger partial charge in [-0.25, -0.2) is 9.78 Å². The molecular weight excluding hydrogens is 501 g/mol. The van der Waals surface area contributed by atoms with Gasteiger partial charge in [0.2, 0.25) is 5.88 Å². The number of hydrogen-bond acceptors (Lipinski definition) is 6. The molecule has 10 heteroatoms. The third kappa shape index (κ3) is 5.44. The van der Waals surface area contributed by atoms with Crippen molar-refractivity contribution < 1.29 is 14.3 Å². The normalized spacial score (nSPS) is 19.8. The molecule has 5 rings (SSSR count). The van der Waals surface area contributed by atoms with Gasteiger partial charge in [-0.2, -0.15) is 0 Å². The minimum absolute atomic E-state index is 0.0764. The van der Waals surface area contributed by atoms with E-state index < -0.39 is 11.7 Å². The summed E-state index contributed by atoms with van der Waals surface area (Å²) in [4.78, 5) is 18.9. The average molecular weight is 530 g/mol. The lowest BCUT2D eigenvalue weighted by Crippen LogP contribution is -2.35. The molecule has 190 valence electrons. The minimum atomic E-state index is -0.597. The maximum absolute atomic E-state index is 13.0. The molecule has 0 atom stereocenters. The van der Waals surface area contributed by atoms with E-state index in [1.165, 1.54) is 0 Å². The van der Waals surface area contributed by atoms with Gasteiger partial charge in [0, 0.05) is 17.0 Å². The number of benzene rings is 1. The Morgan fingerprint density at radius 3 is 2.53 bits per heavy atom. The number of hydrogen-bond donors (Lipinski definition) is 0. The molecule has 1 amide bonds. The SMILES string of the molecule is CC(C)(C)OC(=O)N1Cc2cc(Cl)ccc2-n2c(nnc2[C@H]2CC[C@H](Oc3cccc(Cl)n3)CC2)C1. The van der Waals surface area contributed by atoms with E-state index in [2.05, 4.69) is 19.7 Å². The molecule has 0 bridgehead atoms. The van der Waals surface area contributed by atoms with Crippen LogP contribution in [0.15, 0.2) is 36.4 Å². The largest absolute Gasteiger partial charge is 0.474 e. The van der Waals surface area contributed by atoms with Crippen molar-refractivity contribution in [1.29, 1.82) is 0 Å². The molecule has 1 aliphatic heterocycles. The Labute approximate surface area is 220 Å². The predicted octanol–water partition coefficient (Wildman–Crippen LogP) is 6.33. The maximum atomic E-state index is 13.0.